The molecule has 0 aliphatic carbocycles. The summed E-state index contributed by atoms with van der Waals surface area (Å²) in [4.78, 5) is 14.9. The van der Waals surface area contributed by atoms with Crippen LogP contribution in [-0.4, -0.2) is 50.1 Å². The molecule has 2 aromatic rings. The highest BCUT2D eigenvalue weighted by atomic mass is 127. The molecule has 2 heterocycles. The first-order chi connectivity index (χ1) is 11.1. The normalized spacial score (nSPS) is 11.1. The lowest BCUT2D eigenvalue weighted by atomic mass is 10.3. The second-order valence-corrected chi connectivity index (χ2v) is 7.31. The predicted octanol–water partition coefficient (Wildman–Crippen LogP) is 3.53. The molecule has 24 heavy (non-hydrogen) atoms. The number of nitrogens with one attached hydrogen (secondary N) is 1. The molecule has 0 atom stereocenters. The number of anilines is 1. The molecule has 0 unspecified atom stereocenters. The number of nitrogens with zero attached hydrogens (tertiary/aromatic N) is 4. The maximum atomic E-state index is 4.72. The van der Waals surface area contributed by atoms with Crippen molar-refractivity contribution in [1.29, 1.82) is 0 Å². The van der Waals surface area contributed by atoms with E-state index in [-0.39, 0.29) is 24.0 Å². The summed E-state index contributed by atoms with van der Waals surface area (Å²) in [6.45, 7) is 4.51. The molecule has 134 valence electrons. The number of thiophene rings is 1. The summed E-state index contributed by atoms with van der Waals surface area (Å²) in [6.07, 6.45) is 1.04. The number of hydrogen-bond donors (Lipinski definition) is 1. The van der Waals surface area contributed by atoms with Crippen LogP contribution in [-0.2, 0) is 13.0 Å². The van der Waals surface area contributed by atoms with Crippen LogP contribution in [0.2, 0.25) is 0 Å². The number of hydrogen-bond acceptors (Lipinski definition) is 5. The van der Waals surface area contributed by atoms with E-state index < -0.39 is 0 Å². The molecule has 0 bridgehead atoms. The lowest BCUT2D eigenvalue weighted by molar-refractivity contribution is 0.486. The second-order valence-electron chi connectivity index (χ2n) is 5.44. The number of thiazole rings is 1. The molecule has 0 saturated carbocycles. The smallest absolute Gasteiger partial charge is 0.194 e. The van der Waals surface area contributed by atoms with Gasteiger partial charge in [0.25, 0.3) is 0 Å². The molecule has 0 amide bonds. The molecule has 0 aromatic carbocycles. The Morgan fingerprint density at radius 3 is 2.67 bits per heavy atom. The van der Waals surface area contributed by atoms with Gasteiger partial charge in [0, 0.05) is 44.5 Å². The van der Waals surface area contributed by atoms with Crippen LogP contribution in [0.15, 0.2) is 27.9 Å². The summed E-state index contributed by atoms with van der Waals surface area (Å²) in [5.74, 6) is 0.934. The highest BCUT2D eigenvalue weighted by Gasteiger charge is 2.08. The molecular formula is C16H26IN5S2. The van der Waals surface area contributed by atoms with Crippen molar-refractivity contribution in [3.8, 4) is 0 Å². The third-order valence-corrected chi connectivity index (χ3v) is 5.28. The number of halogens is 1. The van der Waals surface area contributed by atoms with Gasteiger partial charge in [-0.3, -0.25) is 0 Å². The summed E-state index contributed by atoms with van der Waals surface area (Å²) in [6, 6.07) is 4.28. The average molecular weight is 479 g/mol. The number of aromatic nitrogens is 1. The Morgan fingerprint density at radius 2 is 2.08 bits per heavy atom. The van der Waals surface area contributed by atoms with Crippen molar-refractivity contribution in [2.45, 2.75) is 19.9 Å². The van der Waals surface area contributed by atoms with E-state index in [1.165, 1.54) is 4.88 Å². The van der Waals surface area contributed by atoms with Crippen molar-refractivity contribution >= 4 is 57.7 Å². The van der Waals surface area contributed by atoms with E-state index in [2.05, 4.69) is 52.1 Å². The molecule has 0 aliphatic rings. The third-order valence-electron chi connectivity index (χ3n) is 3.28. The number of rotatable bonds is 7. The van der Waals surface area contributed by atoms with Gasteiger partial charge in [-0.1, -0.05) is 6.07 Å². The molecular weight excluding hydrogens is 453 g/mol. The zero-order valence-corrected chi connectivity index (χ0v) is 18.6. The highest BCUT2D eigenvalue weighted by Crippen LogP contribution is 2.18. The summed E-state index contributed by atoms with van der Waals surface area (Å²) < 4.78 is 0. The highest BCUT2D eigenvalue weighted by molar-refractivity contribution is 14.0. The fraction of sp³-hybridized carbons (Fsp3) is 0.500. The van der Waals surface area contributed by atoms with E-state index in [4.69, 9.17) is 4.99 Å². The predicted molar refractivity (Wildman–Crippen MR) is 117 cm³/mol. The van der Waals surface area contributed by atoms with Crippen LogP contribution in [0.1, 0.15) is 17.5 Å². The monoisotopic (exact) mass is 479 g/mol. The third kappa shape index (κ3) is 6.56. The molecule has 2 aromatic heterocycles. The molecule has 0 fully saturated rings. The summed E-state index contributed by atoms with van der Waals surface area (Å²) in [5, 5.41) is 8.58. The van der Waals surface area contributed by atoms with Gasteiger partial charge in [0.15, 0.2) is 11.1 Å². The largest absolute Gasteiger partial charge is 0.357 e. The fourth-order valence-electron chi connectivity index (χ4n) is 2.04. The minimum atomic E-state index is 0. The van der Waals surface area contributed by atoms with Gasteiger partial charge in [-0.2, -0.15) is 0 Å². The van der Waals surface area contributed by atoms with Gasteiger partial charge in [0.05, 0.1) is 12.2 Å². The van der Waals surface area contributed by atoms with E-state index in [0.29, 0.717) is 6.54 Å². The van der Waals surface area contributed by atoms with E-state index in [9.17, 15) is 0 Å². The Hall–Kier alpha value is -0.870. The van der Waals surface area contributed by atoms with Crippen molar-refractivity contribution in [1.82, 2.24) is 15.2 Å². The van der Waals surface area contributed by atoms with Crippen LogP contribution < -0.4 is 10.2 Å². The zero-order chi connectivity index (χ0) is 16.7. The SMILES string of the molecule is CCNC(=NCc1csc(N(C)C)n1)N(C)CCc1cccs1.I. The van der Waals surface area contributed by atoms with Crippen LogP contribution in [0, 0.1) is 0 Å². The van der Waals surface area contributed by atoms with Crippen molar-refractivity contribution in [3.63, 3.8) is 0 Å². The van der Waals surface area contributed by atoms with Crippen LogP contribution in [0.3, 0.4) is 0 Å². The Bertz CT molecular complexity index is 610. The summed E-state index contributed by atoms with van der Waals surface area (Å²) in [5.41, 5.74) is 1.01. The van der Waals surface area contributed by atoms with Crippen LogP contribution >= 0.6 is 46.7 Å². The summed E-state index contributed by atoms with van der Waals surface area (Å²) in [7, 11) is 6.10. The van der Waals surface area contributed by atoms with Crippen LogP contribution in [0.4, 0.5) is 5.13 Å². The molecule has 5 nitrogen and oxygen atoms in total. The van der Waals surface area contributed by atoms with Gasteiger partial charge >= 0.3 is 0 Å². The molecule has 0 radical (unpaired) electrons. The van der Waals surface area contributed by atoms with Crippen molar-refractivity contribution in [2.24, 2.45) is 4.99 Å². The van der Waals surface area contributed by atoms with Gasteiger partial charge in [0.1, 0.15) is 0 Å². The molecule has 0 aliphatic heterocycles. The minimum Gasteiger partial charge on any atom is -0.357 e. The summed E-state index contributed by atoms with van der Waals surface area (Å²) >= 11 is 3.46. The number of guanidine groups is 1. The standard InChI is InChI=1S/C16H25N5S2.HI/c1-5-17-15(21(4)9-8-14-7-6-10-22-14)18-11-13-12-23-16(19-13)20(2)3;/h6-7,10,12H,5,8-9,11H2,1-4H3,(H,17,18);1H. The molecule has 8 heteroatoms. The Kier molecular flexibility index (Phi) is 9.60. The van der Waals surface area contributed by atoms with E-state index in [1.807, 2.05) is 19.0 Å². The Balaban J connectivity index is 0.00000288. The zero-order valence-electron chi connectivity index (χ0n) is 14.7. The van der Waals surface area contributed by atoms with Crippen molar-refractivity contribution in [2.75, 3.05) is 39.1 Å². The number of likely N-dealkylation sites (N-methyl/N-ethyl adjacent to an activating group) is 1. The van der Waals surface area contributed by atoms with Crippen LogP contribution in [0.25, 0.3) is 0 Å². The van der Waals surface area contributed by atoms with Gasteiger partial charge < -0.3 is 15.1 Å². The Labute approximate surface area is 169 Å². The average Bonchev–Trinajstić information content (AvgIpc) is 3.20. The van der Waals surface area contributed by atoms with Gasteiger partial charge in [0.2, 0.25) is 0 Å². The topological polar surface area (TPSA) is 43.8 Å². The second kappa shape index (κ2) is 10.9. The van der Waals surface area contributed by atoms with E-state index in [0.717, 1.165) is 36.3 Å². The number of aliphatic imine (C=N–C) groups is 1. The van der Waals surface area contributed by atoms with Crippen molar-refractivity contribution in [3.05, 3.63) is 33.5 Å². The fourth-order valence-corrected chi connectivity index (χ4v) is 3.49. The maximum absolute atomic E-state index is 4.72. The first-order valence-electron chi connectivity index (χ1n) is 7.73. The first kappa shape index (κ1) is 21.2. The van der Waals surface area contributed by atoms with E-state index >= 15 is 0 Å². The minimum absolute atomic E-state index is 0. The van der Waals surface area contributed by atoms with Gasteiger partial charge in [-0.15, -0.1) is 46.7 Å². The molecule has 2 rings (SSSR count). The Morgan fingerprint density at radius 1 is 1.29 bits per heavy atom. The van der Waals surface area contributed by atoms with Crippen LogP contribution in [0.5, 0.6) is 0 Å². The van der Waals surface area contributed by atoms with Gasteiger partial charge in [-0.25, -0.2) is 9.98 Å². The molecule has 0 saturated heterocycles. The lowest BCUT2D eigenvalue weighted by Gasteiger charge is -2.21. The molecule has 1 N–H and O–H groups in total. The molecule has 0 spiro atoms. The van der Waals surface area contributed by atoms with E-state index in [1.54, 1.807) is 22.7 Å². The van der Waals surface area contributed by atoms with Crippen molar-refractivity contribution < 1.29 is 0 Å². The van der Waals surface area contributed by atoms with Gasteiger partial charge in [-0.05, 0) is 24.8 Å². The lowest BCUT2D eigenvalue weighted by Crippen LogP contribution is -2.39. The maximum Gasteiger partial charge on any atom is 0.194 e. The first-order valence-corrected chi connectivity index (χ1v) is 9.49. The quantitative estimate of drug-likeness (QED) is 0.375.